The highest BCUT2D eigenvalue weighted by Gasteiger charge is 2.14. The van der Waals surface area contributed by atoms with E-state index >= 15 is 0 Å². The molecule has 0 aromatic carbocycles. The average molecular weight is 194 g/mol. The first kappa shape index (κ1) is 11.3. The molecule has 1 heterocycles. The van der Waals surface area contributed by atoms with E-state index in [1.165, 1.54) is 5.56 Å². The Bertz CT molecular complexity index is 263. The smallest absolute Gasteiger partial charge is 0.0358 e. The average Bonchev–Trinajstić information content (AvgIpc) is 2.61. The van der Waals surface area contributed by atoms with Gasteiger partial charge in [-0.3, -0.25) is 0 Å². The van der Waals surface area contributed by atoms with Crippen LogP contribution in [0.4, 0.5) is 0 Å². The predicted octanol–water partition coefficient (Wildman–Crippen LogP) is 2.81. The lowest BCUT2D eigenvalue weighted by Gasteiger charge is -2.20. The Kier molecular flexibility index (Phi) is 4.21. The highest BCUT2D eigenvalue weighted by atomic mass is 15.0. The first-order valence-electron chi connectivity index (χ1n) is 5.58. The number of hydrogen-bond acceptors (Lipinski definition) is 1. The van der Waals surface area contributed by atoms with E-state index in [0.717, 1.165) is 13.1 Å². The molecule has 0 fully saturated rings. The molecule has 0 spiro atoms. The van der Waals surface area contributed by atoms with Crippen LogP contribution in [0.15, 0.2) is 18.5 Å². The molecule has 0 radical (unpaired) electrons. The minimum atomic E-state index is 0.493. The molecule has 0 amide bonds. The molecule has 0 aliphatic rings. The van der Waals surface area contributed by atoms with Crippen molar-refractivity contribution < 1.29 is 0 Å². The van der Waals surface area contributed by atoms with Gasteiger partial charge in [0.05, 0.1) is 0 Å². The summed E-state index contributed by atoms with van der Waals surface area (Å²) in [6.45, 7) is 10.9. The zero-order chi connectivity index (χ0) is 10.6. The fourth-order valence-electron chi connectivity index (χ4n) is 1.80. The summed E-state index contributed by atoms with van der Waals surface area (Å²) in [4.78, 5) is 0. The number of aryl methyl sites for hydroxylation is 1. The molecule has 1 atom stereocenters. The van der Waals surface area contributed by atoms with Crippen molar-refractivity contribution in [2.24, 2.45) is 5.92 Å². The second-order valence-corrected chi connectivity index (χ2v) is 4.05. The van der Waals surface area contributed by atoms with Crippen LogP contribution in [0, 0.1) is 5.92 Å². The zero-order valence-corrected chi connectivity index (χ0v) is 9.75. The highest BCUT2D eigenvalue weighted by Crippen LogP contribution is 2.21. The first-order valence-corrected chi connectivity index (χ1v) is 5.58. The molecule has 0 aliphatic heterocycles. The van der Waals surface area contributed by atoms with Gasteiger partial charge in [0.15, 0.2) is 0 Å². The lowest BCUT2D eigenvalue weighted by molar-refractivity contribution is 0.421. The van der Waals surface area contributed by atoms with E-state index in [4.69, 9.17) is 0 Å². The summed E-state index contributed by atoms with van der Waals surface area (Å²) in [7, 11) is 0. The van der Waals surface area contributed by atoms with Crippen molar-refractivity contribution in [3.8, 4) is 0 Å². The van der Waals surface area contributed by atoms with Crippen molar-refractivity contribution in [3.63, 3.8) is 0 Å². The minimum absolute atomic E-state index is 0.493. The fourth-order valence-corrected chi connectivity index (χ4v) is 1.80. The van der Waals surface area contributed by atoms with Crippen LogP contribution in [0.1, 0.15) is 39.3 Å². The van der Waals surface area contributed by atoms with Gasteiger partial charge in [-0.1, -0.05) is 20.8 Å². The van der Waals surface area contributed by atoms with Gasteiger partial charge in [-0.05, 0) is 31.0 Å². The van der Waals surface area contributed by atoms with Gasteiger partial charge in [0, 0.05) is 25.0 Å². The Hall–Kier alpha value is -0.760. The molecular formula is C12H22N2. The summed E-state index contributed by atoms with van der Waals surface area (Å²) >= 11 is 0. The van der Waals surface area contributed by atoms with Crippen molar-refractivity contribution in [2.75, 3.05) is 6.54 Å². The predicted molar refractivity (Wildman–Crippen MR) is 61.4 cm³/mol. The topological polar surface area (TPSA) is 17.0 Å². The van der Waals surface area contributed by atoms with Crippen LogP contribution < -0.4 is 5.32 Å². The van der Waals surface area contributed by atoms with Gasteiger partial charge in [0.25, 0.3) is 0 Å². The van der Waals surface area contributed by atoms with E-state index < -0.39 is 0 Å². The molecule has 14 heavy (non-hydrogen) atoms. The lowest BCUT2D eigenvalue weighted by Crippen LogP contribution is -2.25. The van der Waals surface area contributed by atoms with Crippen LogP contribution in [0.2, 0.25) is 0 Å². The van der Waals surface area contributed by atoms with E-state index in [1.54, 1.807) is 0 Å². The standard InChI is InChI=1S/C12H22N2/c1-5-13-12(10(3)4)11-7-8-14(6-2)9-11/h7-10,12-13H,5-6H2,1-4H3. The van der Waals surface area contributed by atoms with Crippen molar-refractivity contribution >= 4 is 0 Å². The Morgan fingerprint density at radius 1 is 1.36 bits per heavy atom. The monoisotopic (exact) mass is 194 g/mol. The van der Waals surface area contributed by atoms with Crippen LogP contribution in [0.5, 0.6) is 0 Å². The zero-order valence-electron chi connectivity index (χ0n) is 9.75. The summed E-state index contributed by atoms with van der Waals surface area (Å²) < 4.78 is 2.22. The van der Waals surface area contributed by atoms with Gasteiger partial charge in [-0.15, -0.1) is 0 Å². The number of nitrogens with one attached hydrogen (secondary N) is 1. The first-order chi connectivity index (χ1) is 6.69. The Labute approximate surface area is 87.3 Å². The summed E-state index contributed by atoms with van der Waals surface area (Å²) in [6, 6.07) is 2.71. The molecular weight excluding hydrogens is 172 g/mol. The molecule has 1 N–H and O–H groups in total. The van der Waals surface area contributed by atoms with Crippen LogP contribution >= 0.6 is 0 Å². The number of rotatable bonds is 5. The Balaban J connectivity index is 2.76. The maximum absolute atomic E-state index is 3.52. The molecule has 0 saturated carbocycles. The molecule has 1 unspecified atom stereocenters. The summed E-state index contributed by atoms with van der Waals surface area (Å²) in [5, 5.41) is 3.52. The van der Waals surface area contributed by atoms with E-state index in [9.17, 15) is 0 Å². The van der Waals surface area contributed by atoms with E-state index in [0.29, 0.717) is 12.0 Å². The van der Waals surface area contributed by atoms with Crippen LogP contribution in [-0.2, 0) is 6.54 Å². The molecule has 80 valence electrons. The van der Waals surface area contributed by atoms with E-state index in [2.05, 4.69) is 56.0 Å². The maximum Gasteiger partial charge on any atom is 0.0358 e. The van der Waals surface area contributed by atoms with E-state index in [-0.39, 0.29) is 0 Å². The number of aromatic nitrogens is 1. The SMILES string of the molecule is CCNC(c1ccn(CC)c1)C(C)C. The van der Waals surface area contributed by atoms with Crippen LogP contribution in [0.3, 0.4) is 0 Å². The van der Waals surface area contributed by atoms with Crippen molar-refractivity contribution in [3.05, 3.63) is 24.0 Å². The third-order valence-electron chi connectivity index (χ3n) is 2.59. The number of nitrogens with zero attached hydrogens (tertiary/aromatic N) is 1. The Morgan fingerprint density at radius 2 is 2.07 bits per heavy atom. The molecule has 0 aliphatic carbocycles. The molecule has 1 aromatic rings. The van der Waals surface area contributed by atoms with Gasteiger partial charge in [-0.2, -0.15) is 0 Å². The molecule has 1 rings (SSSR count). The second-order valence-electron chi connectivity index (χ2n) is 4.05. The van der Waals surface area contributed by atoms with Crippen molar-refractivity contribution in [1.82, 2.24) is 9.88 Å². The number of hydrogen-bond donors (Lipinski definition) is 1. The normalized spacial score (nSPS) is 13.5. The van der Waals surface area contributed by atoms with Gasteiger partial charge in [0.2, 0.25) is 0 Å². The van der Waals surface area contributed by atoms with Gasteiger partial charge in [-0.25, -0.2) is 0 Å². The molecule has 0 saturated heterocycles. The molecule has 2 heteroatoms. The van der Waals surface area contributed by atoms with E-state index in [1.807, 2.05) is 0 Å². The van der Waals surface area contributed by atoms with Crippen molar-refractivity contribution in [1.29, 1.82) is 0 Å². The third kappa shape index (κ3) is 2.61. The fraction of sp³-hybridized carbons (Fsp3) is 0.667. The Morgan fingerprint density at radius 3 is 2.50 bits per heavy atom. The highest BCUT2D eigenvalue weighted by molar-refractivity contribution is 5.16. The largest absolute Gasteiger partial charge is 0.354 e. The van der Waals surface area contributed by atoms with Crippen LogP contribution in [-0.4, -0.2) is 11.1 Å². The van der Waals surface area contributed by atoms with Gasteiger partial charge >= 0.3 is 0 Å². The molecule has 2 nitrogen and oxygen atoms in total. The van der Waals surface area contributed by atoms with Gasteiger partial charge in [0.1, 0.15) is 0 Å². The summed E-state index contributed by atoms with van der Waals surface area (Å²) in [6.07, 6.45) is 4.40. The third-order valence-corrected chi connectivity index (χ3v) is 2.59. The van der Waals surface area contributed by atoms with Crippen LogP contribution in [0.25, 0.3) is 0 Å². The quantitative estimate of drug-likeness (QED) is 0.762. The van der Waals surface area contributed by atoms with Crippen molar-refractivity contribution in [2.45, 2.75) is 40.3 Å². The maximum atomic E-state index is 3.52. The van der Waals surface area contributed by atoms with Gasteiger partial charge < -0.3 is 9.88 Å². The minimum Gasteiger partial charge on any atom is -0.354 e. The molecule has 1 aromatic heterocycles. The summed E-state index contributed by atoms with van der Waals surface area (Å²) in [5.41, 5.74) is 1.41. The molecule has 0 bridgehead atoms. The second kappa shape index (κ2) is 5.20. The lowest BCUT2D eigenvalue weighted by atomic mass is 9.98. The summed E-state index contributed by atoms with van der Waals surface area (Å²) in [5.74, 6) is 0.641.